The maximum atomic E-state index is 13.5. The summed E-state index contributed by atoms with van der Waals surface area (Å²) in [5, 5.41) is 8.00. The van der Waals surface area contributed by atoms with Crippen LogP contribution in [0.5, 0.6) is 11.5 Å². The first kappa shape index (κ1) is 26.1. The average Bonchev–Trinajstić information content (AvgIpc) is 3.53. The highest BCUT2D eigenvalue weighted by molar-refractivity contribution is 7.93. The molecular formula is C23H29ClN6O5S. The van der Waals surface area contributed by atoms with E-state index in [2.05, 4.69) is 24.9 Å². The maximum absolute atomic E-state index is 13.5. The number of halogens is 1. The number of para-hydroxylation sites is 1. The molecule has 1 aromatic carbocycles. The van der Waals surface area contributed by atoms with E-state index in [1.807, 2.05) is 0 Å². The Morgan fingerprint density at radius 2 is 1.83 bits per heavy atom. The zero-order chi connectivity index (χ0) is 25.9. The van der Waals surface area contributed by atoms with E-state index in [9.17, 15) is 8.42 Å². The largest absolute Gasteiger partial charge is 0.494 e. The highest BCUT2D eigenvalue weighted by Gasteiger charge is 2.33. The summed E-state index contributed by atoms with van der Waals surface area (Å²) in [6.07, 6.45) is 5.12. The number of hydrogen-bond donors (Lipinski definition) is 1. The molecule has 3 aromatic rings. The van der Waals surface area contributed by atoms with E-state index in [1.165, 1.54) is 26.6 Å². The maximum Gasteiger partial charge on any atom is 0.243 e. The zero-order valence-corrected chi connectivity index (χ0v) is 22.1. The molecule has 0 bridgehead atoms. The highest BCUT2D eigenvalue weighted by atomic mass is 35.5. The molecule has 2 aromatic heterocycles. The number of anilines is 1. The van der Waals surface area contributed by atoms with Gasteiger partial charge in [0.1, 0.15) is 28.8 Å². The second-order valence-electron chi connectivity index (χ2n) is 8.53. The lowest BCUT2D eigenvalue weighted by molar-refractivity contribution is 0.109. The van der Waals surface area contributed by atoms with Crippen LogP contribution in [0.1, 0.15) is 44.3 Å². The van der Waals surface area contributed by atoms with Gasteiger partial charge in [-0.3, -0.25) is 9.29 Å². The van der Waals surface area contributed by atoms with Crippen LogP contribution in [0.4, 0.5) is 5.95 Å². The van der Waals surface area contributed by atoms with Gasteiger partial charge in [0.25, 0.3) is 0 Å². The third-order valence-electron chi connectivity index (χ3n) is 6.26. The van der Waals surface area contributed by atoms with E-state index in [-0.39, 0.29) is 12.1 Å². The molecule has 1 saturated heterocycles. The lowest BCUT2D eigenvalue weighted by atomic mass is 10.1. The van der Waals surface area contributed by atoms with Crippen LogP contribution in [0.3, 0.4) is 0 Å². The molecule has 194 valence electrons. The average molecular weight is 537 g/mol. The molecule has 13 heteroatoms. The Bertz CT molecular complexity index is 1270. The van der Waals surface area contributed by atoms with Crippen LogP contribution in [0.2, 0.25) is 5.02 Å². The Morgan fingerprint density at radius 3 is 2.42 bits per heavy atom. The molecule has 3 atom stereocenters. The quantitative estimate of drug-likeness (QED) is 0.414. The lowest BCUT2D eigenvalue weighted by Crippen LogP contribution is -2.31. The van der Waals surface area contributed by atoms with Crippen molar-refractivity contribution in [3.63, 3.8) is 0 Å². The molecule has 0 spiro atoms. The number of sulfonamides is 1. The number of nitrogens with one attached hydrogen (secondary N) is 1. The van der Waals surface area contributed by atoms with Crippen molar-refractivity contribution < 1.29 is 22.6 Å². The van der Waals surface area contributed by atoms with Gasteiger partial charge in [0.05, 0.1) is 30.6 Å². The Labute approximate surface area is 215 Å². The van der Waals surface area contributed by atoms with Crippen LogP contribution in [-0.4, -0.2) is 65.3 Å². The van der Waals surface area contributed by atoms with Crippen LogP contribution >= 0.6 is 11.6 Å². The summed E-state index contributed by atoms with van der Waals surface area (Å²) in [5.41, 5.74) is 0.486. The first-order valence-corrected chi connectivity index (χ1v) is 13.4. The third kappa shape index (κ3) is 5.40. The smallest absolute Gasteiger partial charge is 0.243 e. The summed E-state index contributed by atoms with van der Waals surface area (Å²) >= 11 is 5.88. The zero-order valence-electron chi connectivity index (χ0n) is 20.5. The Morgan fingerprint density at radius 1 is 1.17 bits per heavy atom. The molecule has 1 N–H and O–H groups in total. The normalized spacial score (nSPS) is 17.5. The first-order chi connectivity index (χ1) is 17.2. The summed E-state index contributed by atoms with van der Waals surface area (Å²) < 4.78 is 48.1. The third-order valence-corrected chi connectivity index (χ3v) is 8.31. The second-order valence-corrected chi connectivity index (χ2v) is 11.0. The Kier molecular flexibility index (Phi) is 7.96. The minimum atomic E-state index is -3.95. The molecule has 36 heavy (non-hydrogen) atoms. The van der Waals surface area contributed by atoms with Gasteiger partial charge < -0.3 is 14.2 Å². The van der Waals surface area contributed by atoms with Crippen molar-refractivity contribution in [2.24, 2.45) is 0 Å². The van der Waals surface area contributed by atoms with Crippen LogP contribution in [-0.2, 0) is 21.2 Å². The van der Waals surface area contributed by atoms with Crippen molar-refractivity contribution in [3.05, 3.63) is 47.3 Å². The molecule has 0 saturated carbocycles. The van der Waals surface area contributed by atoms with Crippen molar-refractivity contribution in [2.45, 2.75) is 50.4 Å². The number of methoxy groups -OCH3 is 2. The van der Waals surface area contributed by atoms with Crippen molar-refractivity contribution >= 4 is 27.6 Å². The summed E-state index contributed by atoms with van der Waals surface area (Å²) in [6.45, 7) is 4.01. The summed E-state index contributed by atoms with van der Waals surface area (Å²) in [6, 6.07) is 5.30. The van der Waals surface area contributed by atoms with Crippen LogP contribution in [0.15, 0.2) is 30.6 Å². The van der Waals surface area contributed by atoms with E-state index in [0.29, 0.717) is 46.9 Å². The van der Waals surface area contributed by atoms with Gasteiger partial charge in [0.15, 0.2) is 0 Å². The van der Waals surface area contributed by atoms with E-state index in [1.54, 1.807) is 36.6 Å². The van der Waals surface area contributed by atoms with Gasteiger partial charge in [-0.2, -0.15) is 0 Å². The SMILES string of the molecule is COc1cccc(OC)c1-n1c(C[C@H]2CCCO2)nnc1NS(=O)(=O)C(C)C(C)c1ncc(Cl)cn1. The van der Waals surface area contributed by atoms with Crippen LogP contribution in [0.25, 0.3) is 5.69 Å². The fourth-order valence-electron chi connectivity index (χ4n) is 4.07. The minimum Gasteiger partial charge on any atom is -0.494 e. The molecule has 11 nitrogen and oxygen atoms in total. The summed E-state index contributed by atoms with van der Waals surface area (Å²) in [7, 11) is -0.894. The summed E-state index contributed by atoms with van der Waals surface area (Å²) in [4.78, 5) is 8.35. The molecule has 0 amide bonds. The molecule has 3 heterocycles. The number of aromatic nitrogens is 5. The van der Waals surface area contributed by atoms with E-state index in [4.69, 9.17) is 25.8 Å². The van der Waals surface area contributed by atoms with Gasteiger partial charge >= 0.3 is 0 Å². The van der Waals surface area contributed by atoms with Gasteiger partial charge in [-0.1, -0.05) is 24.6 Å². The predicted molar refractivity (Wildman–Crippen MR) is 135 cm³/mol. The fourth-order valence-corrected chi connectivity index (χ4v) is 5.40. The minimum absolute atomic E-state index is 0.0156. The Balaban J connectivity index is 1.73. The number of rotatable bonds is 10. The number of benzene rings is 1. The molecule has 1 aliphatic heterocycles. The lowest BCUT2D eigenvalue weighted by Gasteiger charge is -2.21. The van der Waals surface area contributed by atoms with Gasteiger partial charge in [-0.15, -0.1) is 10.2 Å². The van der Waals surface area contributed by atoms with Crippen molar-refractivity contribution in [2.75, 3.05) is 25.5 Å². The fraction of sp³-hybridized carbons (Fsp3) is 0.478. The number of ether oxygens (including phenoxy) is 3. The summed E-state index contributed by atoms with van der Waals surface area (Å²) in [5.74, 6) is 1.32. The van der Waals surface area contributed by atoms with Crippen LogP contribution in [0, 0.1) is 0 Å². The monoisotopic (exact) mass is 536 g/mol. The molecule has 0 radical (unpaired) electrons. The first-order valence-electron chi connectivity index (χ1n) is 11.5. The molecular weight excluding hydrogens is 508 g/mol. The number of hydrogen-bond acceptors (Lipinski definition) is 9. The molecule has 2 unspecified atom stereocenters. The van der Waals surface area contributed by atoms with Gasteiger partial charge in [0, 0.05) is 31.3 Å². The van der Waals surface area contributed by atoms with Crippen molar-refractivity contribution in [3.8, 4) is 17.2 Å². The predicted octanol–water partition coefficient (Wildman–Crippen LogP) is 3.38. The van der Waals surface area contributed by atoms with Gasteiger partial charge in [0.2, 0.25) is 16.0 Å². The van der Waals surface area contributed by atoms with Crippen molar-refractivity contribution in [1.29, 1.82) is 0 Å². The van der Waals surface area contributed by atoms with E-state index < -0.39 is 21.2 Å². The van der Waals surface area contributed by atoms with E-state index in [0.717, 1.165) is 12.8 Å². The molecule has 0 aliphatic carbocycles. The number of nitrogens with zero attached hydrogens (tertiary/aromatic N) is 5. The van der Waals surface area contributed by atoms with Gasteiger partial charge in [-0.25, -0.2) is 18.4 Å². The molecule has 1 fully saturated rings. The highest BCUT2D eigenvalue weighted by Crippen LogP contribution is 2.36. The Hall–Kier alpha value is -2.96. The molecule has 4 rings (SSSR count). The van der Waals surface area contributed by atoms with Crippen LogP contribution < -0.4 is 14.2 Å². The van der Waals surface area contributed by atoms with E-state index >= 15 is 0 Å². The molecule has 1 aliphatic rings. The van der Waals surface area contributed by atoms with Gasteiger partial charge in [-0.05, 0) is 31.9 Å². The van der Waals surface area contributed by atoms with Crippen molar-refractivity contribution in [1.82, 2.24) is 24.7 Å². The standard InChI is InChI=1S/C23H29ClN6O5S/c1-14(22-25-12-16(24)13-26-22)15(2)36(31,32)29-23-28-27-20(11-17-7-6-10-35-17)30(23)21-18(33-3)8-5-9-19(21)34-4/h5,8-9,12-15,17H,6-7,10-11H2,1-4H3,(H,28,29)/t14?,15?,17-/m1/s1. The topological polar surface area (TPSA) is 130 Å². The second kappa shape index (κ2) is 11.0.